The number of aliphatic hydroxyl groups excluding tert-OH is 1. The van der Waals surface area contributed by atoms with Crippen LogP contribution in [0.25, 0.3) is 0 Å². The summed E-state index contributed by atoms with van der Waals surface area (Å²) >= 11 is 0. The summed E-state index contributed by atoms with van der Waals surface area (Å²) < 4.78 is 0. The number of hydrogen-bond donors (Lipinski definition) is 2. The van der Waals surface area contributed by atoms with E-state index in [1.807, 2.05) is 0 Å². The first-order valence-corrected chi connectivity index (χ1v) is 2.39. The van der Waals surface area contributed by atoms with E-state index >= 15 is 0 Å². The smallest absolute Gasteiger partial charge is 0.0613 e. The molecule has 0 aliphatic carbocycles. The van der Waals surface area contributed by atoms with Crippen molar-refractivity contribution in [1.29, 1.82) is 0 Å². The molecule has 2 N–H and O–H groups in total. The molecule has 0 bridgehead atoms. The van der Waals surface area contributed by atoms with Gasteiger partial charge in [0, 0.05) is 27.7 Å². The summed E-state index contributed by atoms with van der Waals surface area (Å²) in [7, 11) is 0. The molecular formula is C5H12O2W. The van der Waals surface area contributed by atoms with Crippen LogP contribution in [0.15, 0.2) is 0 Å². The van der Waals surface area contributed by atoms with Crippen LogP contribution in [0.3, 0.4) is 0 Å². The predicted molar refractivity (Wildman–Crippen MR) is 28.0 cm³/mol. The Balaban J connectivity index is 0. The molecule has 0 aromatic heterocycles. The first-order valence-electron chi connectivity index (χ1n) is 2.39. The van der Waals surface area contributed by atoms with Gasteiger partial charge in [-0.05, 0) is 20.3 Å². The summed E-state index contributed by atoms with van der Waals surface area (Å²) in [6.07, 6.45) is 0.451. The Morgan fingerprint density at radius 1 is 1.38 bits per heavy atom. The topological polar surface area (TPSA) is 40.5 Å². The van der Waals surface area contributed by atoms with E-state index in [0.29, 0.717) is 6.42 Å². The Hall–Kier alpha value is 0.608. The Bertz CT molecular complexity index is 48.9. The van der Waals surface area contributed by atoms with Gasteiger partial charge in [0.2, 0.25) is 0 Å². The van der Waals surface area contributed by atoms with E-state index in [9.17, 15) is 0 Å². The summed E-state index contributed by atoms with van der Waals surface area (Å²) in [5, 5.41) is 17.1. The van der Waals surface area contributed by atoms with Gasteiger partial charge in [0.05, 0.1) is 5.60 Å². The first-order chi connectivity index (χ1) is 3.06. The number of rotatable bonds is 2. The number of hydrogen-bond acceptors (Lipinski definition) is 2. The van der Waals surface area contributed by atoms with Crippen LogP contribution in [0.1, 0.15) is 20.3 Å². The van der Waals surface area contributed by atoms with Crippen molar-refractivity contribution < 1.29 is 31.3 Å². The van der Waals surface area contributed by atoms with Gasteiger partial charge in [-0.25, -0.2) is 0 Å². The molecule has 0 unspecified atom stereocenters. The van der Waals surface area contributed by atoms with Crippen LogP contribution in [0.2, 0.25) is 0 Å². The van der Waals surface area contributed by atoms with Crippen molar-refractivity contribution >= 4 is 0 Å². The zero-order valence-corrected chi connectivity index (χ0v) is 8.15. The van der Waals surface area contributed by atoms with Gasteiger partial charge in [-0.3, -0.25) is 0 Å². The monoisotopic (exact) mass is 288 g/mol. The van der Waals surface area contributed by atoms with E-state index in [0.717, 1.165) is 0 Å². The van der Waals surface area contributed by atoms with Crippen LogP contribution >= 0.6 is 0 Å². The van der Waals surface area contributed by atoms with Crippen LogP contribution in [0.4, 0.5) is 0 Å². The Morgan fingerprint density at radius 3 is 1.75 bits per heavy atom. The zero-order chi connectivity index (χ0) is 5.91. The fourth-order valence-corrected chi connectivity index (χ4v) is 0.274. The van der Waals surface area contributed by atoms with Crippen LogP contribution in [-0.4, -0.2) is 22.4 Å². The summed E-state index contributed by atoms with van der Waals surface area (Å²) in [5.41, 5.74) is -0.700. The van der Waals surface area contributed by atoms with E-state index in [2.05, 4.69) is 0 Å². The molecule has 8 heavy (non-hydrogen) atoms. The molecule has 0 saturated heterocycles. The fourth-order valence-electron chi connectivity index (χ4n) is 0.274. The van der Waals surface area contributed by atoms with Gasteiger partial charge in [0.15, 0.2) is 0 Å². The predicted octanol–water partition coefficient (Wildman–Crippen LogP) is 0.137. The molecule has 3 heteroatoms. The molecular weight excluding hydrogens is 276 g/mol. The molecule has 0 rings (SSSR count). The maximum Gasteiger partial charge on any atom is 0.0613 e. The van der Waals surface area contributed by atoms with Crippen molar-refractivity contribution in [3.05, 3.63) is 0 Å². The maximum absolute atomic E-state index is 8.86. The molecule has 0 saturated carbocycles. The largest absolute Gasteiger partial charge is 0.396 e. The molecule has 0 aromatic carbocycles. The third-order valence-electron chi connectivity index (χ3n) is 0.724. The molecule has 0 radical (unpaired) electrons. The van der Waals surface area contributed by atoms with E-state index in [-0.39, 0.29) is 27.7 Å². The molecule has 0 heterocycles. The van der Waals surface area contributed by atoms with E-state index in [1.165, 1.54) is 0 Å². The summed E-state index contributed by atoms with van der Waals surface area (Å²) in [6.45, 7) is 3.40. The minimum atomic E-state index is -0.700. The third-order valence-corrected chi connectivity index (χ3v) is 0.724. The summed E-state index contributed by atoms with van der Waals surface area (Å²) in [4.78, 5) is 0. The molecule has 0 aliphatic rings. The molecule has 2 nitrogen and oxygen atoms in total. The fraction of sp³-hybridized carbons (Fsp3) is 1.00. The van der Waals surface area contributed by atoms with Crippen molar-refractivity contribution in [2.24, 2.45) is 0 Å². The van der Waals surface area contributed by atoms with Crippen LogP contribution in [0.5, 0.6) is 0 Å². The second-order valence-corrected chi connectivity index (χ2v) is 2.29. The second kappa shape index (κ2) is 4.48. The van der Waals surface area contributed by atoms with Gasteiger partial charge in [-0.2, -0.15) is 0 Å². The van der Waals surface area contributed by atoms with Crippen LogP contribution in [0, 0.1) is 0 Å². The van der Waals surface area contributed by atoms with E-state index < -0.39 is 5.60 Å². The maximum atomic E-state index is 8.86. The zero-order valence-electron chi connectivity index (χ0n) is 5.22. The average Bonchev–Trinajstić information content (AvgIpc) is 1.30. The van der Waals surface area contributed by atoms with Gasteiger partial charge in [-0.1, -0.05) is 0 Å². The van der Waals surface area contributed by atoms with Crippen molar-refractivity contribution in [2.45, 2.75) is 25.9 Å². The SMILES string of the molecule is CC(C)(O)CCO.[W]. The summed E-state index contributed by atoms with van der Waals surface area (Å²) in [6, 6.07) is 0. The Morgan fingerprint density at radius 2 is 1.75 bits per heavy atom. The van der Waals surface area contributed by atoms with Gasteiger partial charge in [0.25, 0.3) is 0 Å². The molecule has 0 aliphatic heterocycles. The molecule has 0 atom stereocenters. The average molecular weight is 288 g/mol. The second-order valence-electron chi connectivity index (χ2n) is 2.29. The van der Waals surface area contributed by atoms with Gasteiger partial charge in [0.1, 0.15) is 0 Å². The Labute approximate surface area is 64.2 Å². The molecule has 50 valence electrons. The van der Waals surface area contributed by atoms with Gasteiger partial charge >= 0.3 is 0 Å². The van der Waals surface area contributed by atoms with Crippen molar-refractivity contribution in [3.8, 4) is 0 Å². The minimum Gasteiger partial charge on any atom is -0.396 e. The van der Waals surface area contributed by atoms with Crippen molar-refractivity contribution in [3.63, 3.8) is 0 Å². The molecule has 0 fully saturated rings. The van der Waals surface area contributed by atoms with Crippen molar-refractivity contribution in [2.75, 3.05) is 6.61 Å². The van der Waals surface area contributed by atoms with Crippen LogP contribution < -0.4 is 0 Å². The van der Waals surface area contributed by atoms with Crippen molar-refractivity contribution in [1.82, 2.24) is 0 Å². The normalized spacial score (nSPS) is 10.5. The first kappa shape index (κ1) is 11.4. The third kappa shape index (κ3) is 9.79. The number of aliphatic hydroxyl groups is 2. The minimum absolute atomic E-state index is 0. The molecule has 0 spiro atoms. The van der Waals surface area contributed by atoms with E-state index in [4.69, 9.17) is 10.2 Å². The summed E-state index contributed by atoms with van der Waals surface area (Å²) in [5.74, 6) is 0. The van der Waals surface area contributed by atoms with Gasteiger partial charge in [-0.15, -0.1) is 0 Å². The quantitative estimate of drug-likeness (QED) is 0.758. The van der Waals surface area contributed by atoms with E-state index in [1.54, 1.807) is 13.8 Å². The molecule has 0 amide bonds. The standard InChI is InChI=1S/C5H12O2.W/c1-5(2,7)3-4-6;/h6-7H,3-4H2,1-2H3;. The molecule has 0 aromatic rings. The Kier molecular flexibility index (Phi) is 6.40. The van der Waals surface area contributed by atoms with Gasteiger partial charge < -0.3 is 10.2 Å². The van der Waals surface area contributed by atoms with Crippen LogP contribution in [-0.2, 0) is 21.1 Å².